The number of aromatic nitrogens is 3. The molecule has 0 radical (unpaired) electrons. The number of benzene rings is 1. The molecule has 3 aromatic rings. The first kappa shape index (κ1) is 11.5. The number of rotatable bonds is 2. The van der Waals surface area contributed by atoms with Crippen LogP contribution >= 0.6 is 0 Å². The third-order valence-electron chi connectivity index (χ3n) is 2.95. The van der Waals surface area contributed by atoms with E-state index in [9.17, 15) is 0 Å². The summed E-state index contributed by atoms with van der Waals surface area (Å²) >= 11 is 0. The van der Waals surface area contributed by atoms with Crippen molar-refractivity contribution in [2.75, 3.05) is 5.73 Å². The summed E-state index contributed by atoms with van der Waals surface area (Å²) in [6.45, 7) is 2.02. The Morgan fingerprint density at radius 1 is 1.00 bits per heavy atom. The standard InChI is InChI=1S/C15H14N4/c1-11-2-7-14(18-10-11)19-9-8-17-15(19)12-3-5-13(16)6-4-12/h2-10H,16H2,1H3. The molecule has 0 aliphatic rings. The van der Waals surface area contributed by atoms with Crippen LogP contribution in [0.25, 0.3) is 17.2 Å². The molecule has 2 N–H and O–H groups in total. The van der Waals surface area contributed by atoms with Crippen LogP contribution in [0.2, 0.25) is 0 Å². The van der Waals surface area contributed by atoms with Gasteiger partial charge in [-0.15, -0.1) is 0 Å². The fourth-order valence-corrected chi connectivity index (χ4v) is 1.94. The minimum absolute atomic E-state index is 0.746. The van der Waals surface area contributed by atoms with Crippen LogP contribution in [0.5, 0.6) is 0 Å². The third-order valence-corrected chi connectivity index (χ3v) is 2.95. The SMILES string of the molecule is Cc1ccc(-n2ccnc2-c2ccc(N)cc2)nc1. The number of nitrogens with zero attached hydrogens (tertiary/aromatic N) is 3. The van der Waals surface area contributed by atoms with Crippen molar-refractivity contribution in [2.24, 2.45) is 0 Å². The molecule has 3 rings (SSSR count). The topological polar surface area (TPSA) is 56.7 Å². The Morgan fingerprint density at radius 3 is 2.47 bits per heavy atom. The highest BCUT2D eigenvalue weighted by Crippen LogP contribution is 2.21. The first-order chi connectivity index (χ1) is 9.24. The predicted octanol–water partition coefficient (Wildman–Crippen LogP) is 2.82. The van der Waals surface area contributed by atoms with Gasteiger partial charge in [-0.2, -0.15) is 0 Å². The van der Waals surface area contributed by atoms with Gasteiger partial charge in [0.05, 0.1) is 0 Å². The average molecular weight is 250 g/mol. The van der Waals surface area contributed by atoms with Crippen molar-refractivity contribution < 1.29 is 0 Å². The zero-order valence-corrected chi connectivity index (χ0v) is 10.6. The Balaban J connectivity index is 2.07. The van der Waals surface area contributed by atoms with Crippen LogP contribution < -0.4 is 5.73 Å². The van der Waals surface area contributed by atoms with Gasteiger partial charge in [0, 0.05) is 29.8 Å². The lowest BCUT2D eigenvalue weighted by molar-refractivity contribution is 0.997. The third kappa shape index (κ3) is 2.20. The monoisotopic (exact) mass is 250 g/mol. The Hall–Kier alpha value is -2.62. The second kappa shape index (κ2) is 4.57. The van der Waals surface area contributed by atoms with Crippen LogP contribution in [0.15, 0.2) is 55.0 Å². The van der Waals surface area contributed by atoms with Crippen LogP contribution in [0.4, 0.5) is 5.69 Å². The summed E-state index contributed by atoms with van der Waals surface area (Å²) in [7, 11) is 0. The molecule has 0 atom stereocenters. The van der Waals surface area contributed by atoms with Crippen LogP contribution in [0.3, 0.4) is 0 Å². The minimum Gasteiger partial charge on any atom is -0.399 e. The zero-order chi connectivity index (χ0) is 13.2. The Kier molecular flexibility index (Phi) is 2.76. The summed E-state index contributed by atoms with van der Waals surface area (Å²) in [5.74, 6) is 1.71. The molecule has 0 saturated carbocycles. The lowest BCUT2D eigenvalue weighted by Gasteiger charge is -2.07. The molecule has 0 aliphatic carbocycles. The van der Waals surface area contributed by atoms with Crippen molar-refractivity contribution in [3.05, 3.63) is 60.6 Å². The molecule has 0 bridgehead atoms. The summed E-state index contributed by atoms with van der Waals surface area (Å²) in [4.78, 5) is 8.82. The summed E-state index contributed by atoms with van der Waals surface area (Å²) in [5, 5.41) is 0. The predicted molar refractivity (Wildman–Crippen MR) is 75.9 cm³/mol. The first-order valence-corrected chi connectivity index (χ1v) is 6.06. The largest absolute Gasteiger partial charge is 0.399 e. The Labute approximate surface area is 111 Å². The molecule has 0 spiro atoms. The number of pyridine rings is 1. The van der Waals surface area contributed by atoms with Gasteiger partial charge in [-0.05, 0) is 42.8 Å². The number of imidazole rings is 1. The molecule has 94 valence electrons. The fourth-order valence-electron chi connectivity index (χ4n) is 1.94. The van der Waals surface area contributed by atoms with Gasteiger partial charge in [0.2, 0.25) is 0 Å². The van der Waals surface area contributed by atoms with Crippen molar-refractivity contribution in [3.8, 4) is 17.2 Å². The normalized spacial score (nSPS) is 10.6. The molecule has 0 fully saturated rings. The highest BCUT2D eigenvalue weighted by atomic mass is 15.1. The van der Waals surface area contributed by atoms with Crippen molar-refractivity contribution in [1.82, 2.24) is 14.5 Å². The van der Waals surface area contributed by atoms with Gasteiger partial charge in [-0.1, -0.05) is 6.07 Å². The highest BCUT2D eigenvalue weighted by Gasteiger charge is 2.08. The number of nitrogens with two attached hydrogens (primary N) is 1. The number of anilines is 1. The van der Waals surface area contributed by atoms with Gasteiger partial charge in [0.25, 0.3) is 0 Å². The van der Waals surface area contributed by atoms with E-state index in [-0.39, 0.29) is 0 Å². The van der Waals surface area contributed by atoms with Crippen molar-refractivity contribution in [2.45, 2.75) is 6.92 Å². The van der Waals surface area contributed by atoms with Crippen molar-refractivity contribution in [3.63, 3.8) is 0 Å². The average Bonchev–Trinajstić information content (AvgIpc) is 2.90. The molecule has 2 heterocycles. The second-order valence-electron chi connectivity index (χ2n) is 4.44. The lowest BCUT2D eigenvalue weighted by Crippen LogP contribution is -1.99. The van der Waals surface area contributed by atoms with E-state index in [4.69, 9.17) is 5.73 Å². The maximum Gasteiger partial charge on any atom is 0.145 e. The van der Waals surface area contributed by atoms with E-state index >= 15 is 0 Å². The lowest BCUT2D eigenvalue weighted by atomic mass is 10.2. The molecular weight excluding hydrogens is 236 g/mol. The molecule has 4 nitrogen and oxygen atoms in total. The smallest absolute Gasteiger partial charge is 0.145 e. The maximum absolute atomic E-state index is 5.71. The van der Waals surface area contributed by atoms with Gasteiger partial charge in [-0.25, -0.2) is 9.97 Å². The van der Waals surface area contributed by atoms with Crippen LogP contribution in [0.1, 0.15) is 5.56 Å². The number of hydrogen-bond acceptors (Lipinski definition) is 3. The van der Waals surface area contributed by atoms with E-state index < -0.39 is 0 Å². The van der Waals surface area contributed by atoms with Crippen LogP contribution in [-0.4, -0.2) is 14.5 Å². The minimum atomic E-state index is 0.746. The molecular formula is C15H14N4. The van der Waals surface area contributed by atoms with Crippen LogP contribution in [0, 0.1) is 6.92 Å². The molecule has 2 aromatic heterocycles. The summed E-state index contributed by atoms with van der Waals surface area (Å²) in [6, 6.07) is 11.7. The van der Waals surface area contributed by atoms with E-state index in [1.165, 1.54) is 0 Å². The first-order valence-electron chi connectivity index (χ1n) is 6.06. The van der Waals surface area contributed by atoms with Gasteiger partial charge in [-0.3, -0.25) is 4.57 Å². The summed E-state index contributed by atoms with van der Waals surface area (Å²) in [5.41, 5.74) is 8.60. The summed E-state index contributed by atoms with van der Waals surface area (Å²) < 4.78 is 1.96. The molecule has 0 unspecified atom stereocenters. The molecule has 0 amide bonds. The second-order valence-corrected chi connectivity index (χ2v) is 4.44. The number of nitrogen functional groups attached to an aromatic ring is 1. The highest BCUT2D eigenvalue weighted by molar-refractivity contribution is 5.60. The van der Waals surface area contributed by atoms with Gasteiger partial charge >= 0.3 is 0 Å². The molecule has 0 saturated heterocycles. The Morgan fingerprint density at radius 2 is 1.79 bits per heavy atom. The molecule has 0 aliphatic heterocycles. The van der Waals surface area contributed by atoms with Gasteiger partial charge < -0.3 is 5.73 Å². The van der Waals surface area contributed by atoms with Crippen LogP contribution in [-0.2, 0) is 0 Å². The van der Waals surface area contributed by atoms with E-state index in [1.54, 1.807) is 6.20 Å². The van der Waals surface area contributed by atoms with Crippen molar-refractivity contribution >= 4 is 5.69 Å². The Bertz CT molecular complexity index is 621. The fraction of sp³-hybridized carbons (Fsp3) is 0.0667. The van der Waals surface area contributed by atoms with E-state index in [0.717, 1.165) is 28.5 Å². The molecule has 19 heavy (non-hydrogen) atoms. The number of hydrogen-bond donors (Lipinski definition) is 1. The maximum atomic E-state index is 5.71. The van der Waals surface area contributed by atoms with Gasteiger partial charge in [0.1, 0.15) is 11.6 Å². The van der Waals surface area contributed by atoms with E-state index in [0.29, 0.717) is 0 Å². The summed E-state index contributed by atoms with van der Waals surface area (Å²) in [6.07, 6.45) is 5.53. The van der Waals surface area contributed by atoms with Gasteiger partial charge in [0.15, 0.2) is 0 Å². The van der Waals surface area contributed by atoms with E-state index in [2.05, 4.69) is 9.97 Å². The van der Waals surface area contributed by atoms with E-state index in [1.807, 2.05) is 60.3 Å². The number of aryl methyl sites for hydroxylation is 1. The molecule has 1 aromatic carbocycles. The zero-order valence-electron chi connectivity index (χ0n) is 10.6. The quantitative estimate of drug-likeness (QED) is 0.711. The van der Waals surface area contributed by atoms with Crippen molar-refractivity contribution in [1.29, 1.82) is 0 Å². The molecule has 4 heteroatoms.